The molecule has 0 saturated carbocycles. The lowest BCUT2D eigenvalue weighted by Gasteiger charge is -2.13. The van der Waals surface area contributed by atoms with Gasteiger partial charge < -0.3 is 15.2 Å². The number of carbonyl (C=O) groups excluding carboxylic acids is 1. The van der Waals surface area contributed by atoms with Gasteiger partial charge in [0.1, 0.15) is 6.04 Å². The number of rotatable bonds is 6. The zero-order valence-corrected chi connectivity index (χ0v) is 9.95. The highest BCUT2D eigenvalue weighted by Gasteiger charge is 2.20. The molecule has 100 valence electrons. The van der Waals surface area contributed by atoms with Gasteiger partial charge in [0.05, 0.1) is 7.05 Å². The minimum atomic E-state index is -1.14. The van der Waals surface area contributed by atoms with E-state index in [2.05, 4.69) is 26.0 Å². The second kappa shape index (κ2) is 6.49. The normalized spacial score (nSPS) is 11.9. The third-order valence-corrected chi connectivity index (χ3v) is 1.95. The maximum atomic E-state index is 11.5. The monoisotopic (exact) mass is 258 g/mol. The van der Waals surface area contributed by atoms with E-state index in [1.807, 2.05) is 0 Å². The number of nitrogens with zero attached hydrogens (tertiary/aromatic N) is 4. The Kier molecular flexibility index (Phi) is 4.99. The van der Waals surface area contributed by atoms with Crippen LogP contribution in [0.5, 0.6) is 0 Å². The Hall–Kier alpha value is -2.23. The summed E-state index contributed by atoms with van der Waals surface area (Å²) in [6.45, 7) is 0.223. The fraction of sp³-hybridized carbons (Fsp3) is 0.625. The molecule has 1 rings (SSSR count). The van der Waals surface area contributed by atoms with Crippen LogP contribution in [0.1, 0.15) is 6.42 Å². The second-order valence-electron chi connectivity index (χ2n) is 3.37. The van der Waals surface area contributed by atoms with Crippen LogP contribution >= 0.6 is 0 Å². The van der Waals surface area contributed by atoms with Gasteiger partial charge in [0.25, 0.3) is 5.95 Å². The quantitative estimate of drug-likeness (QED) is 0.585. The molecular formula is C8H14N6O4. The number of nitrogens with one attached hydrogen (secondary N) is 2. The van der Waals surface area contributed by atoms with Gasteiger partial charge in [-0.2, -0.15) is 4.80 Å². The summed E-state index contributed by atoms with van der Waals surface area (Å²) in [4.78, 5) is 23.5. The van der Waals surface area contributed by atoms with Crippen molar-refractivity contribution in [2.45, 2.75) is 12.5 Å². The van der Waals surface area contributed by atoms with Crippen LogP contribution in [0.15, 0.2) is 0 Å². The standard InChI is InChI=1S/C8H14N6O4/c1-14-12-7(11-13-14)10-8(17)9-5(6(15)16)3-4-18-2/h5H,3-4H2,1-2H3,(H,15,16)(H2,9,10,12,17). The number of carboxylic acid groups (broad SMARTS) is 1. The number of hydrogen-bond donors (Lipinski definition) is 3. The number of aromatic nitrogens is 4. The summed E-state index contributed by atoms with van der Waals surface area (Å²) in [5.41, 5.74) is 0. The average molecular weight is 258 g/mol. The zero-order chi connectivity index (χ0) is 13.5. The first-order chi connectivity index (χ1) is 8.52. The predicted octanol–water partition coefficient (Wildman–Crippen LogP) is -1.18. The molecule has 0 spiro atoms. The summed E-state index contributed by atoms with van der Waals surface area (Å²) in [6.07, 6.45) is 0.160. The molecule has 10 nitrogen and oxygen atoms in total. The van der Waals surface area contributed by atoms with E-state index in [4.69, 9.17) is 9.84 Å². The van der Waals surface area contributed by atoms with Crippen molar-refractivity contribution in [3.05, 3.63) is 0 Å². The van der Waals surface area contributed by atoms with E-state index in [1.165, 1.54) is 14.2 Å². The molecule has 1 heterocycles. The molecule has 0 aromatic carbocycles. The number of anilines is 1. The van der Waals surface area contributed by atoms with Crippen molar-refractivity contribution in [3.8, 4) is 0 Å². The number of aryl methyl sites for hydroxylation is 1. The number of ether oxygens (including phenoxy) is 1. The van der Waals surface area contributed by atoms with Gasteiger partial charge in [-0.1, -0.05) is 5.10 Å². The second-order valence-corrected chi connectivity index (χ2v) is 3.37. The Morgan fingerprint density at radius 2 is 2.28 bits per heavy atom. The largest absolute Gasteiger partial charge is 0.480 e. The van der Waals surface area contributed by atoms with Gasteiger partial charge in [-0.05, 0) is 5.21 Å². The molecule has 1 aromatic rings. The predicted molar refractivity (Wildman–Crippen MR) is 58.9 cm³/mol. The van der Waals surface area contributed by atoms with Gasteiger partial charge in [0.15, 0.2) is 0 Å². The summed E-state index contributed by atoms with van der Waals surface area (Å²) < 4.78 is 4.75. The number of carboxylic acids is 1. The summed E-state index contributed by atoms with van der Waals surface area (Å²) >= 11 is 0. The SMILES string of the molecule is COCCC(NC(=O)Nc1nnn(C)n1)C(=O)O. The van der Waals surface area contributed by atoms with Gasteiger partial charge in [-0.15, -0.1) is 5.10 Å². The van der Waals surface area contributed by atoms with Gasteiger partial charge in [-0.3, -0.25) is 5.32 Å². The molecule has 10 heteroatoms. The fourth-order valence-electron chi connectivity index (χ4n) is 1.12. The van der Waals surface area contributed by atoms with Crippen molar-refractivity contribution in [1.29, 1.82) is 0 Å². The molecule has 0 radical (unpaired) electrons. The van der Waals surface area contributed by atoms with E-state index < -0.39 is 18.0 Å². The molecular weight excluding hydrogens is 244 g/mol. The lowest BCUT2D eigenvalue weighted by Crippen LogP contribution is -2.43. The molecule has 1 atom stereocenters. The van der Waals surface area contributed by atoms with Crippen LogP contribution in [-0.2, 0) is 16.6 Å². The molecule has 18 heavy (non-hydrogen) atoms. The number of methoxy groups -OCH3 is 1. The Morgan fingerprint density at radius 1 is 1.56 bits per heavy atom. The lowest BCUT2D eigenvalue weighted by molar-refractivity contribution is -0.139. The number of amides is 2. The van der Waals surface area contributed by atoms with Crippen LogP contribution in [0, 0.1) is 0 Å². The summed E-state index contributed by atoms with van der Waals surface area (Å²) in [5, 5.41) is 24.2. The highest BCUT2D eigenvalue weighted by molar-refractivity contribution is 5.90. The van der Waals surface area contributed by atoms with Crippen LogP contribution in [0.4, 0.5) is 10.7 Å². The molecule has 0 saturated heterocycles. The fourth-order valence-corrected chi connectivity index (χ4v) is 1.12. The first kappa shape index (κ1) is 13.8. The lowest BCUT2D eigenvalue weighted by atomic mass is 10.2. The Bertz CT molecular complexity index is 419. The highest BCUT2D eigenvalue weighted by atomic mass is 16.5. The highest BCUT2D eigenvalue weighted by Crippen LogP contribution is 1.96. The number of aliphatic carboxylic acids is 1. The van der Waals surface area contributed by atoms with Crippen molar-refractivity contribution in [2.24, 2.45) is 7.05 Å². The number of tetrazole rings is 1. The first-order valence-electron chi connectivity index (χ1n) is 5.06. The van der Waals surface area contributed by atoms with Crippen molar-refractivity contribution in [2.75, 3.05) is 19.0 Å². The van der Waals surface area contributed by atoms with Crippen molar-refractivity contribution >= 4 is 17.9 Å². The third kappa shape index (κ3) is 4.33. The molecule has 0 aliphatic rings. The number of carbonyl (C=O) groups is 2. The summed E-state index contributed by atoms with van der Waals surface area (Å²) in [7, 11) is 2.98. The van der Waals surface area contributed by atoms with Crippen LogP contribution in [0.25, 0.3) is 0 Å². The molecule has 1 unspecified atom stereocenters. The zero-order valence-electron chi connectivity index (χ0n) is 9.95. The number of hydrogen-bond acceptors (Lipinski definition) is 6. The maximum absolute atomic E-state index is 11.5. The smallest absolute Gasteiger partial charge is 0.326 e. The minimum Gasteiger partial charge on any atom is -0.480 e. The molecule has 0 bridgehead atoms. The van der Waals surface area contributed by atoms with E-state index in [9.17, 15) is 9.59 Å². The van der Waals surface area contributed by atoms with Crippen LogP contribution in [0.3, 0.4) is 0 Å². The molecule has 3 N–H and O–H groups in total. The van der Waals surface area contributed by atoms with E-state index in [0.717, 1.165) is 4.80 Å². The Balaban J connectivity index is 2.48. The van der Waals surface area contributed by atoms with E-state index in [1.54, 1.807) is 0 Å². The summed E-state index contributed by atoms with van der Waals surface area (Å²) in [5.74, 6) is -1.15. The van der Waals surface area contributed by atoms with Crippen LogP contribution in [-0.4, -0.2) is 57.1 Å². The maximum Gasteiger partial charge on any atom is 0.326 e. The van der Waals surface area contributed by atoms with E-state index >= 15 is 0 Å². The van der Waals surface area contributed by atoms with Gasteiger partial charge >= 0.3 is 12.0 Å². The van der Waals surface area contributed by atoms with Crippen molar-refractivity contribution in [1.82, 2.24) is 25.5 Å². The first-order valence-corrected chi connectivity index (χ1v) is 5.06. The molecule has 2 amide bonds. The molecule has 0 aliphatic carbocycles. The van der Waals surface area contributed by atoms with Gasteiger partial charge in [0, 0.05) is 20.1 Å². The molecule has 0 aliphatic heterocycles. The van der Waals surface area contributed by atoms with Crippen molar-refractivity contribution < 1.29 is 19.4 Å². The van der Waals surface area contributed by atoms with E-state index in [0.29, 0.717) is 0 Å². The Labute approximate surface area is 102 Å². The number of urea groups is 1. The van der Waals surface area contributed by atoms with Gasteiger partial charge in [-0.25, -0.2) is 9.59 Å². The molecule has 0 fully saturated rings. The van der Waals surface area contributed by atoms with Crippen molar-refractivity contribution in [3.63, 3.8) is 0 Å². The summed E-state index contributed by atoms with van der Waals surface area (Å²) in [6, 6.07) is -1.76. The Morgan fingerprint density at radius 3 is 2.78 bits per heavy atom. The van der Waals surface area contributed by atoms with Gasteiger partial charge in [0.2, 0.25) is 0 Å². The molecule has 1 aromatic heterocycles. The minimum absolute atomic E-state index is 0.00844. The average Bonchev–Trinajstić information content (AvgIpc) is 2.69. The topological polar surface area (TPSA) is 131 Å². The third-order valence-electron chi connectivity index (χ3n) is 1.95. The van der Waals surface area contributed by atoms with Crippen LogP contribution in [0.2, 0.25) is 0 Å². The van der Waals surface area contributed by atoms with Crippen LogP contribution < -0.4 is 10.6 Å². The van der Waals surface area contributed by atoms with E-state index in [-0.39, 0.29) is 19.0 Å².